The summed E-state index contributed by atoms with van der Waals surface area (Å²) in [5.74, 6) is 0.435. The summed E-state index contributed by atoms with van der Waals surface area (Å²) in [5.41, 5.74) is 1.80. The van der Waals surface area contributed by atoms with Crippen LogP contribution in [0.3, 0.4) is 0 Å². The molecule has 0 radical (unpaired) electrons. The van der Waals surface area contributed by atoms with Crippen molar-refractivity contribution in [3.8, 4) is 0 Å². The molecule has 0 saturated carbocycles. The van der Waals surface area contributed by atoms with E-state index < -0.39 is 0 Å². The Morgan fingerprint density at radius 3 is 3.15 bits per heavy atom. The maximum Gasteiger partial charge on any atom is 0.257 e. The molecule has 1 fully saturated rings. The Balaban J connectivity index is 1.71. The molecule has 0 aromatic carbocycles. The van der Waals surface area contributed by atoms with E-state index in [-0.39, 0.29) is 5.91 Å². The SMILES string of the molecule is CCn1cc(C(=O)N2CCCC(c3ccn[nH]3)C2)cn1. The predicted molar refractivity (Wildman–Crippen MR) is 74.4 cm³/mol. The lowest BCUT2D eigenvalue weighted by Crippen LogP contribution is -2.39. The molecule has 2 aromatic rings. The molecule has 106 valence electrons. The number of aromatic nitrogens is 4. The van der Waals surface area contributed by atoms with Gasteiger partial charge in [0.25, 0.3) is 5.91 Å². The van der Waals surface area contributed by atoms with Crippen LogP contribution in [-0.2, 0) is 6.54 Å². The summed E-state index contributed by atoms with van der Waals surface area (Å²) in [5, 5.41) is 11.2. The van der Waals surface area contributed by atoms with Gasteiger partial charge in [-0.2, -0.15) is 10.2 Å². The number of aromatic amines is 1. The van der Waals surface area contributed by atoms with Gasteiger partial charge in [-0.1, -0.05) is 0 Å². The number of piperidine rings is 1. The smallest absolute Gasteiger partial charge is 0.257 e. The largest absolute Gasteiger partial charge is 0.338 e. The Labute approximate surface area is 117 Å². The molecule has 1 unspecified atom stereocenters. The van der Waals surface area contributed by atoms with Gasteiger partial charge in [0, 0.05) is 43.6 Å². The van der Waals surface area contributed by atoms with Crippen LogP contribution in [0.4, 0.5) is 0 Å². The Kier molecular flexibility index (Phi) is 3.54. The van der Waals surface area contributed by atoms with Crippen molar-refractivity contribution < 1.29 is 4.79 Å². The fourth-order valence-corrected chi connectivity index (χ4v) is 2.74. The van der Waals surface area contributed by atoms with Gasteiger partial charge in [0.2, 0.25) is 0 Å². The van der Waals surface area contributed by atoms with Crippen molar-refractivity contribution in [1.82, 2.24) is 24.9 Å². The summed E-state index contributed by atoms with van der Waals surface area (Å²) in [7, 11) is 0. The minimum absolute atomic E-state index is 0.0777. The minimum atomic E-state index is 0.0777. The number of carbonyl (C=O) groups is 1. The van der Waals surface area contributed by atoms with Crippen molar-refractivity contribution in [1.29, 1.82) is 0 Å². The summed E-state index contributed by atoms with van der Waals surface area (Å²) in [6.07, 6.45) is 7.37. The number of aryl methyl sites for hydroxylation is 1. The fourth-order valence-electron chi connectivity index (χ4n) is 2.74. The van der Waals surface area contributed by atoms with Crippen LogP contribution in [0.2, 0.25) is 0 Å². The average molecular weight is 273 g/mol. The van der Waals surface area contributed by atoms with Crippen molar-refractivity contribution in [2.24, 2.45) is 0 Å². The van der Waals surface area contributed by atoms with E-state index in [0.29, 0.717) is 11.5 Å². The molecule has 0 aliphatic carbocycles. The molecule has 6 nitrogen and oxygen atoms in total. The number of nitrogens with one attached hydrogen (secondary N) is 1. The number of carbonyl (C=O) groups excluding carboxylic acids is 1. The van der Waals surface area contributed by atoms with Crippen LogP contribution in [0, 0.1) is 0 Å². The highest BCUT2D eigenvalue weighted by Gasteiger charge is 2.26. The molecule has 2 aromatic heterocycles. The van der Waals surface area contributed by atoms with Gasteiger partial charge < -0.3 is 4.90 Å². The van der Waals surface area contributed by atoms with Gasteiger partial charge in [0.15, 0.2) is 0 Å². The van der Waals surface area contributed by atoms with Gasteiger partial charge in [0.05, 0.1) is 11.8 Å². The van der Waals surface area contributed by atoms with Gasteiger partial charge in [-0.15, -0.1) is 0 Å². The zero-order chi connectivity index (χ0) is 13.9. The Hall–Kier alpha value is -2.11. The third-order valence-corrected chi connectivity index (χ3v) is 3.87. The molecule has 1 N–H and O–H groups in total. The van der Waals surface area contributed by atoms with Crippen LogP contribution in [0.15, 0.2) is 24.7 Å². The molecule has 1 aliphatic heterocycles. The van der Waals surface area contributed by atoms with E-state index in [1.165, 1.54) is 0 Å². The number of likely N-dealkylation sites (tertiary alicyclic amines) is 1. The normalized spacial score (nSPS) is 19.2. The molecule has 0 spiro atoms. The maximum absolute atomic E-state index is 12.5. The highest BCUT2D eigenvalue weighted by Crippen LogP contribution is 2.26. The first kappa shape index (κ1) is 12.9. The second-order valence-electron chi connectivity index (χ2n) is 5.19. The third-order valence-electron chi connectivity index (χ3n) is 3.87. The standard InChI is InChI=1S/C14H19N5O/c1-2-19-10-12(8-16-19)14(20)18-7-3-4-11(9-18)13-5-6-15-17-13/h5-6,8,10-11H,2-4,7,9H2,1H3,(H,15,17). The maximum atomic E-state index is 12.5. The van der Waals surface area contributed by atoms with Crippen molar-refractivity contribution in [3.63, 3.8) is 0 Å². The second-order valence-corrected chi connectivity index (χ2v) is 5.19. The summed E-state index contributed by atoms with van der Waals surface area (Å²) in [4.78, 5) is 14.4. The predicted octanol–water partition coefficient (Wildman–Crippen LogP) is 1.65. The molecular formula is C14H19N5O. The van der Waals surface area contributed by atoms with Gasteiger partial charge in [-0.3, -0.25) is 14.6 Å². The molecule has 3 rings (SSSR count). The quantitative estimate of drug-likeness (QED) is 0.924. The van der Waals surface area contributed by atoms with E-state index in [9.17, 15) is 4.79 Å². The molecule has 1 atom stereocenters. The first-order valence-electron chi connectivity index (χ1n) is 7.09. The highest BCUT2D eigenvalue weighted by molar-refractivity contribution is 5.93. The summed E-state index contributed by atoms with van der Waals surface area (Å²) >= 11 is 0. The van der Waals surface area contributed by atoms with Crippen molar-refractivity contribution in [2.75, 3.05) is 13.1 Å². The van der Waals surface area contributed by atoms with Crippen LogP contribution in [0.1, 0.15) is 41.7 Å². The molecule has 1 amide bonds. The molecular weight excluding hydrogens is 254 g/mol. The first-order valence-corrected chi connectivity index (χ1v) is 7.09. The van der Waals surface area contributed by atoms with E-state index in [2.05, 4.69) is 15.3 Å². The van der Waals surface area contributed by atoms with Crippen LogP contribution in [-0.4, -0.2) is 43.9 Å². The van der Waals surface area contributed by atoms with E-state index in [1.807, 2.05) is 24.1 Å². The average Bonchev–Trinajstić information content (AvgIpc) is 3.17. The Bertz CT molecular complexity index is 574. The van der Waals surface area contributed by atoms with Crippen molar-refractivity contribution >= 4 is 5.91 Å². The number of rotatable bonds is 3. The topological polar surface area (TPSA) is 66.8 Å². The number of hydrogen-bond donors (Lipinski definition) is 1. The van der Waals surface area contributed by atoms with Crippen LogP contribution < -0.4 is 0 Å². The molecule has 1 aliphatic rings. The van der Waals surface area contributed by atoms with Gasteiger partial charge >= 0.3 is 0 Å². The zero-order valence-corrected chi connectivity index (χ0v) is 11.6. The van der Waals surface area contributed by atoms with Crippen LogP contribution >= 0.6 is 0 Å². The fraction of sp³-hybridized carbons (Fsp3) is 0.500. The van der Waals surface area contributed by atoms with E-state index in [1.54, 1.807) is 17.1 Å². The summed E-state index contributed by atoms with van der Waals surface area (Å²) < 4.78 is 1.78. The van der Waals surface area contributed by atoms with E-state index in [0.717, 1.165) is 38.2 Å². The molecule has 6 heteroatoms. The van der Waals surface area contributed by atoms with E-state index in [4.69, 9.17) is 0 Å². The van der Waals surface area contributed by atoms with Gasteiger partial charge in [0.1, 0.15) is 0 Å². The van der Waals surface area contributed by atoms with Crippen molar-refractivity contribution in [3.05, 3.63) is 35.9 Å². The number of H-pyrrole nitrogens is 1. The van der Waals surface area contributed by atoms with Crippen LogP contribution in [0.5, 0.6) is 0 Å². The lowest BCUT2D eigenvalue weighted by Gasteiger charge is -2.32. The third kappa shape index (κ3) is 2.45. The lowest BCUT2D eigenvalue weighted by molar-refractivity contribution is 0.0706. The van der Waals surface area contributed by atoms with Gasteiger partial charge in [-0.05, 0) is 25.8 Å². The number of amides is 1. The second kappa shape index (κ2) is 5.48. The molecule has 1 saturated heterocycles. The molecule has 20 heavy (non-hydrogen) atoms. The molecule has 0 bridgehead atoms. The first-order chi connectivity index (χ1) is 9.78. The van der Waals surface area contributed by atoms with Gasteiger partial charge in [-0.25, -0.2) is 0 Å². The summed E-state index contributed by atoms with van der Waals surface area (Å²) in [6.45, 7) is 4.36. The zero-order valence-electron chi connectivity index (χ0n) is 11.6. The lowest BCUT2D eigenvalue weighted by atomic mass is 9.94. The Morgan fingerprint density at radius 2 is 2.45 bits per heavy atom. The van der Waals surface area contributed by atoms with Crippen LogP contribution in [0.25, 0.3) is 0 Å². The highest BCUT2D eigenvalue weighted by atomic mass is 16.2. The monoisotopic (exact) mass is 273 g/mol. The number of hydrogen-bond acceptors (Lipinski definition) is 3. The van der Waals surface area contributed by atoms with Crippen molar-refractivity contribution in [2.45, 2.75) is 32.2 Å². The summed E-state index contributed by atoms with van der Waals surface area (Å²) in [6, 6.07) is 1.99. The Morgan fingerprint density at radius 1 is 1.55 bits per heavy atom. The number of nitrogens with zero attached hydrogens (tertiary/aromatic N) is 4. The minimum Gasteiger partial charge on any atom is -0.338 e. The molecule has 3 heterocycles. The van der Waals surface area contributed by atoms with E-state index >= 15 is 0 Å².